The number of anilines is 1. The summed E-state index contributed by atoms with van der Waals surface area (Å²) in [7, 11) is 2.20. The third-order valence-electron chi connectivity index (χ3n) is 4.09. The molecular weight excluding hydrogens is 238 g/mol. The van der Waals surface area contributed by atoms with Gasteiger partial charge in [0.25, 0.3) is 0 Å². The van der Waals surface area contributed by atoms with E-state index in [2.05, 4.69) is 32.5 Å². The van der Waals surface area contributed by atoms with Crippen LogP contribution in [0.4, 0.5) is 5.82 Å². The van der Waals surface area contributed by atoms with Gasteiger partial charge in [-0.3, -0.25) is 0 Å². The van der Waals surface area contributed by atoms with E-state index in [0.29, 0.717) is 0 Å². The molecular formula is C14H23N5. The Morgan fingerprint density at radius 3 is 3.11 bits per heavy atom. The van der Waals surface area contributed by atoms with E-state index in [1.54, 1.807) is 0 Å². The van der Waals surface area contributed by atoms with E-state index in [0.717, 1.165) is 43.6 Å². The van der Waals surface area contributed by atoms with E-state index in [9.17, 15) is 0 Å². The number of rotatable bonds is 3. The Hall–Kier alpha value is -1.20. The SMILES string of the molecule is Cc1nc2c(c(NCC3CCN(C)C3)n1)CNCC2. The summed E-state index contributed by atoms with van der Waals surface area (Å²) in [6.07, 6.45) is 2.30. The van der Waals surface area contributed by atoms with Gasteiger partial charge in [-0.15, -0.1) is 0 Å². The first kappa shape index (κ1) is 12.8. The molecule has 0 spiro atoms. The van der Waals surface area contributed by atoms with Gasteiger partial charge in [0.1, 0.15) is 11.6 Å². The third kappa shape index (κ3) is 2.87. The van der Waals surface area contributed by atoms with Gasteiger partial charge in [0.15, 0.2) is 0 Å². The average Bonchev–Trinajstić information content (AvgIpc) is 2.81. The van der Waals surface area contributed by atoms with Gasteiger partial charge in [0, 0.05) is 38.2 Å². The Morgan fingerprint density at radius 1 is 1.42 bits per heavy atom. The molecule has 0 radical (unpaired) electrons. The Labute approximate surface area is 114 Å². The van der Waals surface area contributed by atoms with Crippen LogP contribution in [0.3, 0.4) is 0 Å². The van der Waals surface area contributed by atoms with Gasteiger partial charge in [-0.25, -0.2) is 9.97 Å². The number of nitrogens with one attached hydrogen (secondary N) is 2. The van der Waals surface area contributed by atoms with Crippen LogP contribution in [0.2, 0.25) is 0 Å². The van der Waals surface area contributed by atoms with Crippen molar-refractivity contribution in [3.8, 4) is 0 Å². The summed E-state index contributed by atoms with van der Waals surface area (Å²) in [5, 5.41) is 6.97. The standard InChI is InChI=1S/C14H23N5/c1-10-17-13-3-5-15-8-12(13)14(18-10)16-7-11-4-6-19(2)9-11/h11,15H,3-9H2,1-2H3,(H,16,17,18). The number of hydrogen-bond acceptors (Lipinski definition) is 5. The molecule has 2 N–H and O–H groups in total. The Kier molecular flexibility index (Phi) is 3.66. The maximum Gasteiger partial charge on any atom is 0.134 e. The molecule has 1 saturated heterocycles. The minimum Gasteiger partial charge on any atom is -0.369 e. The molecule has 1 unspecified atom stereocenters. The largest absolute Gasteiger partial charge is 0.369 e. The lowest BCUT2D eigenvalue weighted by molar-refractivity contribution is 0.399. The van der Waals surface area contributed by atoms with Crippen LogP contribution in [0.15, 0.2) is 0 Å². The van der Waals surface area contributed by atoms with Gasteiger partial charge < -0.3 is 15.5 Å². The number of likely N-dealkylation sites (tertiary alicyclic amines) is 1. The molecule has 1 atom stereocenters. The second-order valence-corrected chi connectivity index (χ2v) is 5.77. The fourth-order valence-electron chi connectivity index (χ4n) is 3.05. The van der Waals surface area contributed by atoms with E-state index in [1.807, 2.05) is 6.92 Å². The molecule has 5 heteroatoms. The zero-order chi connectivity index (χ0) is 13.2. The molecule has 1 aromatic rings. The number of aryl methyl sites for hydroxylation is 1. The van der Waals surface area contributed by atoms with E-state index in [4.69, 9.17) is 0 Å². The first-order valence-electron chi connectivity index (χ1n) is 7.22. The first-order chi connectivity index (χ1) is 9.22. The molecule has 1 fully saturated rings. The van der Waals surface area contributed by atoms with Crippen molar-refractivity contribution in [3.63, 3.8) is 0 Å². The van der Waals surface area contributed by atoms with Gasteiger partial charge >= 0.3 is 0 Å². The highest BCUT2D eigenvalue weighted by Crippen LogP contribution is 2.21. The average molecular weight is 261 g/mol. The van der Waals surface area contributed by atoms with Crippen LogP contribution in [-0.2, 0) is 13.0 Å². The molecule has 2 aliphatic rings. The zero-order valence-electron chi connectivity index (χ0n) is 11.9. The van der Waals surface area contributed by atoms with Crippen molar-refractivity contribution in [1.82, 2.24) is 20.2 Å². The zero-order valence-corrected chi connectivity index (χ0v) is 11.9. The number of hydrogen-bond donors (Lipinski definition) is 2. The van der Waals surface area contributed by atoms with E-state index < -0.39 is 0 Å². The lowest BCUT2D eigenvalue weighted by atomic mass is 10.1. The summed E-state index contributed by atoms with van der Waals surface area (Å²) in [5.41, 5.74) is 2.49. The Bertz CT molecular complexity index is 459. The van der Waals surface area contributed by atoms with Crippen molar-refractivity contribution in [2.45, 2.75) is 26.3 Å². The van der Waals surface area contributed by atoms with Crippen molar-refractivity contribution < 1.29 is 0 Å². The minimum atomic E-state index is 0.743. The maximum absolute atomic E-state index is 4.59. The normalized spacial score (nSPS) is 23.4. The molecule has 0 bridgehead atoms. The van der Waals surface area contributed by atoms with Crippen LogP contribution >= 0.6 is 0 Å². The molecule has 104 valence electrons. The van der Waals surface area contributed by atoms with Crippen LogP contribution < -0.4 is 10.6 Å². The highest BCUT2D eigenvalue weighted by atomic mass is 15.1. The van der Waals surface area contributed by atoms with Gasteiger partial charge in [-0.05, 0) is 32.9 Å². The molecule has 5 nitrogen and oxygen atoms in total. The van der Waals surface area contributed by atoms with Gasteiger partial charge in [-0.2, -0.15) is 0 Å². The highest BCUT2D eigenvalue weighted by Gasteiger charge is 2.21. The van der Waals surface area contributed by atoms with Crippen molar-refractivity contribution in [2.75, 3.05) is 38.5 Å². The lowest BCUT2D eigenvalue weighted by Crippen LogP contribution is -2.28. The summed E-state index contributed by atoms with van der Waals surface area (Å²) in [4.78, 5) is 11.6. The molecule has 19 heavy (non-hydrogen) atoms. The second-order valence-electron chi connectivity index (χ2n) is 5.77. The van der Waals surface area contributed by atoms with Gasteiger partial charge in [-0.1, -0.05) is 0 Å². The van der Waals surface area contributed by atoms with Crippen LogP contribution in [0, 0.1) is 12.8 Å². The molecule has 1 aromatic heterocycles. The summed E-state index contributed by atoms with van der Waals surface area (Å²) in [5.74, 6) is 2.67. The monoisotopic (exact) mass is 261 g/mol. The van der Waals surface area contributed by atoms with Crippen LogP contribution in [0.1, 0.15) is 23.5 Å². The van der Waals surface area contributed by atoms with Crippen molar-refractivity contribution >= 4 is 5.82 Å². The van der Waals surface area contributed by atoms with Gasteiger partial charge in [0.05, 0.1) is 5.69 Å². The predicted molar refractivity (Wildman–Crippen MR) is 76.3 cm³/mol. The fraction of sp³-hybridized carbons (Fsp3) is 0.714. The lowest BCUT2D eigenvalue weighted by Gasteiger charge is -2.21. The first-order valence-corrected chi connectivity index (χ1v) is 7.22. The summed E-state index contributed by atoms with van der Waals surface area (Å²) < 4.78 is 0. The topological polar surface area (TPSA) is 53.1 Å². The fourth-order valence-corrected chi connectivity index (χ4v) is 3.05. The number of aromatic nitrogens is 2. The highest BCUT2D eigenvalue weighted by molar-refractivity contribution is 5.47. The molecule has 3 rings (SSSR count). The van der Waals surface area contributed by atoms with Gasteiger partial charge in [0.2, 0.25) is 0 Å². The number of nitrogens with zero attached hydrogens (tertiary/aromatic N) is 3. The minimum absolute atomic E-state index is 0.743. The van der Waals surface area contributed by atoms with E-state index in [1.165, 1.54) is 30.8 Å². The maximum atomic E-state index is 4.59. The van der Waals surface area contributed by atoms with Crippen LogP contribution in [-0.4, -0.2) is 48.1 Å². The number of fused-ring (bicyclic) bond motifs is 1. The summed E-state index contributed by atoms with van der Waals surface area (Å²) in [6, 6.07) is 0. The summed E-state index contributed by atoms with van der Waals surface area (Å²) in [6.45, 7) is 7.33. The van der Waals surface area contributed by atoms with Crippen LogP contribution in [0.5, 0.6) is 0 Å². The van der Waals surface area contributed by atoms with Crippen molar-refractivity contribution in [1.29, 1.82) is 0 Å². The van der Waals surface area contributed by atoms with E-state index in [-0.39, 0.29) is 0 Å². The Balaban J connectivity index is 1.71. The molecule has 0 aromatic carbocycles. The predicted octanol–water partition coefficient (Wildman–Crippen LogP) is 0.794. The molecule has 0 aliphatic carbocycles. The molecule has 2 aliphatic heterocycles. The molecule has 0 saturated carbocycles. The smallest absolute Gasteiger partial charge is 0.134 e. The third-order valence-corrected chi connectivity index (χ3v) is 4.09. The van der Waals surface area contributed by atoms with Crippen molar-refractivity contribution in [3.05, 3.63) is 17.1 Å². The second kappa shape index (κ2) is 5.43. The Morgan fingerprint density at radius 2 is 2.32 bits per heavy atom. The molecule has 3 heterocycles. The van der Waals surface area contributed by atoms with Crippen molar-refractivity contribution in [2.24, 2.45) is 5.92 Å². The quantitative estimate of drug-likeness (QED) is 0.843. The summed E-state index contributed by atoms with van der Waals surface area (Å²) >= 11 is 0. The van der Waals surface area contributed by atoms with Crippen LogP contribution in [0.25, 0.3) is 0 Å². The molecule has 0 amide bonds. The van der Waals surface area contributed by atoms with E-state index >= 15 is 0 Å².